The van der Waals surface area contributed by atoms with Crippen molar-refractivity contribution in [3.63, 3.8) is 0 Å². The number of para-hydroxylation sites is 1. The van der Waals surface area contributed by atoms with E-state index in [0.717, 1.165) is 5.56 Å². The quantitative estimate of drug-likeness (QED) is 0.252. The van der Waals surface area contributed by atoms with E-state index in [9.17, 15) is 19.5 Å². The van der Waals surface area contributed by atoms with Gasteiger partial charge < -0.3 is 25.5 Å². The molecule has 1 aromatic heterocycles. The number of nitrogens with one attached hydrogen (secondary N) is 2. The van der Waals surface area contributed by atoms with E-state index in [1.54, 1.807) is 35.5 Å². The van der Waals surface area contributed by atoms with Crippen molar-refractivity contribution in [3.05, 3.63) is 98.6 Å². The average molecular weight is 515 g/mol. The van der Waals surface area contributed by atoms with Gasteiger partial charge in [-0.3, -0.25) is 14.4 Å². The molecule has 10 nitrogen and oxygen atoms in total. The second kappa shape index (κ2) is 12.0. The molecule has 0 bridgehead atoms. The Kier molecular flexibility index (Phi) is 8.32. The van der Waals surface area contributed by atoms with Crippen molar-refractivity contribution in [3.8, 4) is 5.75 Å². The fourth-order valence-electron chi connectivity index (χ4n) is 4.15. The van der Waals surface area contributed by atoms with E-state index in [-0.39, 0.29) is 34.3 Å². The normalized spacial score (nSPS) is 13.0. The highest BCUT2D eigenvalue weighted by molar-refractivity contribution is 5.99. The number of hydrogen-bond donors (Lipinski definition) is 3. The zero-order valence-corrected chi connectivity index (χ0v) is 21.3. The van der Waals surface area contributed by atoms with Crippen LogP contribution >= 0.6 is 0 Å². The lowest BCUT2D eigenvalue weighted by Gasteiger charge is -2.34. The summed E-state index contributed by atoms with van der Waals surface area (Å²) < 4.78 is 0. The van der Waals surface area contributed by atoms with Gasteiger partial charge in [-0.25, -0.2) is 9.97 Å². The number of piperazine rings is 1. The Morgan fingerprint density at radius 1 is 0.868 bits per heavy atom. The van der Waals surface area contributed by atoms with Gasteiger partial charge in [0.15, 0.2) is 5.75 Å². The van der Waals surface area contributed by atoms with Gasteiger partial charge >= 0.3 is 0 Å². The lowest BCUT2D eigenvalue weighted by atomic mass is 10.1. The molecule has 1 aliphatic rings. The molecule has 10 heteroatoms. The Morgan fingerprint density at radius 3 is 2.21 bits per heavy atom. The molecule has 0 radical (unpaired) electrons. The molecule has 3 N–H and O–H groups in total. The number of carbonyl (C=O) groups excluding carboxylic acids is 1. The maximum atomic E-state index is 13.2. The molecule has 0 saturated carbocycles. The zero-order valence-electron chi connectivity index (χ0n) is 21.3. The molecule has 2 heterocycles. The van der Waals surface area contributed by atoms with Crippen LogP contribution < -0.4 is 26.4 Å². The SMILES string of the molecule is CC.O=C(c1cccc(Nc2c(NCc3ccccc3)c(=O)c2=O)c1O)N1CCN(c2ncccn2)CC1. The number of amides is 1. The topological polar surface area (TPSA) is 128 Å². The number of anilines is 4. The lowest BCUT2D eigenvalue weighted by molar-refractivity contribution is 0.0743. The first-order valence-electron chi connectivity index (χ1n) is 12.5. The van der Waals surface area contributed by atoms with Crippen LogP contribution in [0.1, 0.15) is 29.8 Å². The first kappa shape index (κ1) is 26.3. The van der Waals surface area contributed by atoms with Crippen molar-refractivity contribution >= 4 is 28.9 Å². The zero-order chi connectivity index (χ0) is 27.1. The van der Waals surface area contributed by atoms with E-state index in [4.69, 9.17) is 0 Å². The molecule has 0 aliphatic carbocycles. The highest BCUT2D eigenvalue weighted by Gasteiger charge is 2.27. The maximum absolute atomic E-state index is 13.2. The molecule has 0 atom stereocenters. The summed E-state index contributed by atoms with van der Waals surface area (Å²) >= 11 is 0. The number of rotatable bonds is 7. The Balaban J connectivity index is 0.00000164. The summed E-state index contributed by atoms with van der Waals surface area (Å²) in [7, 11) is 0. The molecule has 0 unspecified atom stereocenters. The first-order valence-corrected chi connectivity index (χ1v) is 12.5. The molecule has 1 saturated heterocycles. The van der Waals surface area contributed by atoms with Gasteiger partial charge in [-0.2, -0.15) is 0 Å². The summed E-state index contributed by atoms with van der Waals surface area (Å²) in [6, 6.07) is 15.9. The Labute approximate surface area is 220 Å². The minimum Gasteiger partial charge on any atom is -0.505 e. The summed E-state index contributed by atoms with van der Waals surface area (Å²) in [6.45, 7) is 6.38. The van der Waals surface area contributed by atoms with Gasteiger partial charge in [0.05, 0.1) is 11.3 Å². The summed E-state index contributed by atoms with van der Waals surface area (Å²) in [6.07, 6.45) is 3.35. The van der Waals surface area contributed by atoms with Crippen LogP contribution in [0.5, 0.6) is 5.75 Å². The number of phenolic OH excluding ortho intramolecular Hbond substituents is 1. The summed E-state index contributed by atoms with van der Waals surface area (Å²) in [4.78, 5) is 49.7. The van der Waals surface area contributed by atoms with Gasteiger partial charge in [-0.1, -0.05) is 50.2 Å². The third kappa shape index (κ3) is 5.49. The van der Waals surface area contributed by atoms with E-state index in [1.165, 1.54) is 6.07 Å². The van der Waals surface area contributed by atoms with E-state index in [2.05, 4.69) is 20.6 Å². The highest BCUT2D eigenvalue weighted by atomic mass is 16.3. The van der Waals surface area contributed by atoms with Crippen molar-refractivity contribution in [2.24, 2.45) is 0 Å². The molecule has 1 amide bonds. The smallest absolute Gasteiger partial charge is 0.257 e. The fraction of sp³-hybridized carbons (Fsp3) is 0.250. The lowest BCUT2D eigenvalue weighted by Crippen LogP contribution is -2.49. The fourth-order valence-corrected chi connectivity index (χ4v) is 4.15. The minimum absolute atomic E-state index is 0.0623. The van der Waals surface area contributed by atoms with Gasteiger partial charge in [-0.15, -0.1) is 0 Å². The van der Waals surface area contributed by atoms with Gasteiger partial charge in [0.25, 0.3) is 16.8 Å². The number of nitrogens with zero attached hydrogens (tertiary/aromatic N) is 4. The molecule has 1 aliphatic heterocycles. The Morgan fingerprint density at radius 2 is 1.53 bits per heavy atom. The van der Waals surface area contributed by atoms with E-state index >= 15 is 0 Å². The maximum Gasteiger partial charge on any atom is 0.257 e. The summed E-state index contributed by atoms with van der Waals surface area (Å²) in [5.41, 5.74) is 0.146. The third-order valence-corrected chi connectivity index (χ3v) is 6.15. The highest BCUT2D eigenvalue weighted by Crippen LogP contribution is 2.32. The first-order chi connectivity index (χ1) is 18.5. The van der Waals surface area contributed by atoms with Crippen molar-refractivity contribution in [2.45, 2.75) is 20.4 Å². The molecular weight excluding hydrogens is 484 g/mol. The number of aromatic hydroxyl groups is 1. The molecule has 38 heavy (non-hydrogen) atoms. The summed E-state index contributed by atoms with van der Waals surface area (Å²) in [5, 5.41) is 16.7. The van der Waals surface area contributed by atoms with Crippen LogP contribution in [0.2, 0.25) is 0 Å². The second-order valence-corrected chi connectivity index (χ2v) is 8.40. The van der Waals surface area contributed by atoms with Gasteiger partial charge in [0, 0.05) is 45.1 Å². The van der Waals surface area contributed by atoms with Crippen molar-refractivity contribution in [1.29, 1.82) is 0 Å². The number of carbonyl (C=O) groups is 1. The van der Waals surface area contributed by atoms with Crippen molar-refractivity contribution in [1.82, 2.24) is 14.9 Å². The second-order valence-electron chi connectivity index (χ2n) is 8.40. The standard InChI is InChI=1S/C26H24N6O4.C2H6/c33-22-18(25(36)31-12-14-32(15-13-31)26-27-10-5-11-28-26)8-4-9-19(22)30-21-20(23(34)24(21)35)29-16-17-6-2-1-3-7-17;1-2/h1-11,29-30,33H,12-16H2;1-2H3. The predicted molar refractivity (Wildman–Crippen MR) is 148 cm³/mol. The van der Waals surface area contributed by atoms with Crippen LogP contribution in [0.25, 0.3) is 0 Å². The van der Waals surface area contributed by atoms with Crippen LogP contribution in [-0.4, -0.2) is 52.1 Å². The Hall–Kier alpha value is -4.73. The molecule has 3 aromatic carbocycles. The van der Waals surface area contributed by atoms with E-state index in [0.29, 0.717) is 38.7 Å². The van der Waals surface area contributed by atoms with Crippen molar-refractivity contribution < 1.29 is 9.90 Å². The minimum atomic E-state index is -0.680. The van der Waals surface area contributed by atoms with E-state index in [1.807, 2.05) is 49.1 Å². The van der Waals surface area contributed by atoms with Crippen LogP contribution in [0, 0.1) is 0 Å². The van der Waals surface area contributed by atoms with Crippen molar-refractivity contribution in [2.75, 3.05) is 41.7 Å². The van der Waals surface area contributed by atoms with Crippen LogP contribution in [-0.2, 0) is 6.54 Å². The molecular formula is C28H30N6O4. The Bertz CT molecular complexity index is 1440. The number of benzene rings is 2. The van der Waals surface area contributed by atoms with Crippen LogP contribution in [0.15, 0.2) is 76.6 Å². The third-order valence-electron chi connectivity index (χ3n) is 6.15. The van der Waals surface area contributed by atoms with Crippen LogP contribution in [0.3, 0.4) is 0 Å². The number of phenols is 1. The number of hydrogen-bond acceptors (Lipinski definition) is 9. The molecule has 1 fully saturated rings. The molecule has 4 aromatic rings. The van der Waals surface area contributed by atoms with Crippen LogP contribution in [0.4, 0.5) is 23.0 Å². The summed E-state index contributed by atoms with van der Waals surface area (Å²) in [5.74, 6) is 0.0129. The van der Waals surface area contributed by atoms with Gasteiger partial charge in [-0.05, 0) is 23.8 Å². The molecule has 5 rings (SSSR count). The van der Waals surface area contributed by atoms with Gasteiger partial charge in [0.1, 0.15) is 11.4 Å². The van der Waals surface area contributed by atoms with E-state index < -0.39 is 10.9 Å². The molecule has 196 valence electrons. The molecule has 0 spiro atoms. The monoisotopic (exact) mass is 514 g/mol. The van der Waals surface area contributed by atoms with Gasteiger partial charge in [0.2, 0.25) is 5.95 Å². The number of aromatic nitrogens is 2. The average Bonchev–Trinajstić information content (AvgIpc) is 2.99. The largest absolute Gasteiger partial charge is 0.505 e. The predicted octanol–water partition coefficient (Wildman–Crippen LogP) is 3.12.